The largest absolute Gasteiger partial charge is 0.416 e. The van der Waals surface area contributed by atoms with E-state index in [-0.39, 0.29) is 22.9 Å². The molecular weight excluding hydrogens is 600 g/mol. The first-order chi connectivity index (χ1) is 22.0. The molecule has 0 bridgehead atoms. The Morgan fingerprint density at radius 2 is 1.54 bits per heavy atom. The normalized spacial score (nSPS) is 13.6. The molecule has 11 heteroatoms. The summed E-state index contributed by atoms with van der Waals surface area (Å²) in [6.45, 7) is 2.06. The lowest BCUT2D eigenvalue weighted by molar-refractivity contribution is -0.137. The second-order valence-electron chi connectivity index (χ2n) is 11.1. The number of anilines is 2. The molecule has 1 heterocycles. The van der Waals surface area contributed by atoms with Crippen LogP contribution >= 0.6 is 0 Å². The van der Waals surface area contributed by atoms with Gasteiger partial charge in [0.2, 0.25) is 0 Å². The number of hydrogen-bond donors (Lipinski definition) is 1. The Morgan fingerprint density at radius 1 is 0.804 bits per heavy atom. The summed E-state index contributed by atoms with van der Waals surface area (Å²) in [7, 11) is 1.67. The lowest BCUT2D eigenvalue weighted by Gasteiger charge is -2.28. The summed E-state index contributed by atoms with van der Waals surface area (Å²) < 4.78 is 52.7. The summed E-state index contributed by atoms with van der Waals surface area (Å²) in [6.07, 6.45) is -3.93. The molecule has 0 spiro atoms. The number of alkyl halides is 3. The number of rotatable bonds is 7. The fourth-order valence-corrected chi connectivity index (χ4v) is 5.37. The number of carbonyl (C=O) groups is 3. The Balaban J connectivity index is 1.39. The number of hydrogen-bond acceptors (Lipinski definition) is 4. The van der Waals surface area contributed by atoms with E-state index in [1.165, 1.54) is 18.2 Å². The van der Waals surface area contributed by atoms with Gasteiger partial charge >= 0.3 is 6.18 Å². The molecule has 3 amide bonds. The molecule has 0 radical (unpaired) electrons. The predicted octanol–water partition coefficient (Wildman–Crippen LogP) is 6.72. The first-order valence-electron chi connectivity index (χ1n) is 14.7. The topological polar surface area (TPSA) is 73.0 Å². The minimum Gasteiger partial charge on any atom is -0.369 e. The highest BCUT2D eigenvalue weighted by atomic mass is 19.4. The molecule has 46 heavy (non-hydrogen) atoms. The monoisotopic (exact) mass is 632 g/mol. The van der Waals surface area contributed by atoms with Gasteiger partial charge < -0.3 is 20.0 Å². The van der Waals surface area contributed by atoms with Crippen LogP contribution in [0.25, 0.3) is 0 Å². The summed E-state index contributed by atoms with van der Waals surface area (Å²) in [5.74, 6) is -1.70. The molecule has 1 aliphatic heterocycles. The first-order valence-corrected chi connectivity index (χ1v) is 14.7. The molecule has 1 N–H and O–H groups in total. The van der Waals surface area contributed by atoms with E-state index in [4.69, 9.17) is 0 Å². The molecule has 238 valence electrons. The summed E-state index contributed by atoms with van der Waals surface area (Å²) in [6, 6.07) is 23.8. The van der Waals surface area contributed by atoms with Crippen molar-refractivity contribution in [3.63, 3.8) is 0 Å². The maximum Gasteiger partial charge on any atom is 0.416 e. The molecule has 7 nitrogen and oxygen atoms in total. The van der Waals surface area contributed by atoms with Crippen LogP contribution in [0.4, 0.5) is 28.9 Å². The number of amides is 3. The zero-order valence-electron chi connectivity index (χ0n) is 25.1. The smallest absolute Gasteiger partial charge is 0.369 e. The van der Waals surface area contributed by atoms with Gasteiger partial charge in [0.05, 0.1) is 11.1 Å². The van der Waals surface area contributed by atoms with Crippen LogP contribution in [0, 0.1) is 5.82 Å². The third-order valence-corrected chi connectivity index (χ3v) is 7.76. The first kappa shape index (κ1) is 32.2. The molecule has 1 saturated heterocycles. The highest BCUT2D eigenvalue weighted by Gasteiger charge is 2.30. The highest BCUT2D eigenvalue weighted by Crippen LogP contribution is 2.30. The average molecular weight is 633 g/mol. The summed E-state index contributed by atoms with van der Waals surface area (Å²) in [4.78, 5) is 45.2. The van der Waals surface area contributed by atoms with Gasteiger partial charge in [0.25, 0.3) is 17.7 Å². The minimum atomic E-state index is -4.52. The molecule has 0 atom stereocenters. The Bertz CT molecular complexity index is 1710. The fourth-order valence-electron chi connectivity index (χ4n) is 5.37. The van der Waals surface area contributed by atoms with Gasteiger partial charge in [0.1, 0.15) is 5.82 Å². The molecule has 1 aliphatic rings. The molecule has 0 aromatic heterocycles. The molecule has 5 rings (SSSR count). The second kappa shape index (κ2) is 13.8. The van der Waals surface area contributed by atoms with Gasteiger partial charge in [0, 0.05) is 62.3 Å². The fraction of sp³-hybridized carbons (Fsp3) is 0.229. The zero-order valence-corrected chi connectivity index (χ0v) is 25.1. The standard InChI is InChI=1S/C35H32F4N4O3/c1-41(23-24-7-3-2-4-8-24)34(46)30-22-29(40-32(44)25-11-13-27(14-12-25)35(37,38)39)15-16-31(30)42-17-6-18-43(20-19-42)33(45)26-9-5-10-28(36)21-26/h2-5,7-16,21-22H,6,17-20,23H2,1H3,(H,40,44). The van der Waals surface area contributed by atoms with E-state index in [2.05, 4.69) is 5.32 Å². The van der Waals surface area contributed by atoms with Gasteiger partial charge in [-0.25, -0.2) is 4.39 Å². The summed E-state index contributed by atoms with van der Waals surface area (Å²) in [5, 5.41) is 2.69. The van der Waals surface area contributed by atoms with Crippen molar-refractivity contribution >= 4 is 29.1 Å². The van der Waals surface area contributed by atoms with E-state index in [9.17, 15) is 31.9 Å². The minimum absolute atomic E-state index is 0.0294. The Morgan fingerprint density at radius 3 is 2.24 bits per heavy atom. The maximum atomic E-state index is 13.9. The third kappa shape index (κ3) is 7.71. The van der Waals surface area contributed by atoms with Gasteiger partial charge in [-0.15, -0.1) is 0 Å². The SMILES string of the molecule is CN(Cc1ccccc1)C(=O)c1cc(NC(=O)c2ccc(C(F)(F)F)cc2)ccc1N1CCCN(C(=O)c2cccc(F)c2)CC1. The Kier molecular flexibility index (Phi) is 9.69. The lowest BCUT2D eigenvalue weighted by atomic mass is 10.1. The van der Waals surface area contributed by atoms with Crippen molar-refractivity contribution in [2.45, 2.75) is 19.1 Å². The highest BCUT2D eigenvalue weighted by molar-refractivity contribution is 6.06. The van der Waals surface area contributed by atoms with Crippen molar-refractivity contribution in [1.82, 2.24) is 9.80 Å². The number of halogens is 4. The van der Waals surface area contributed by atoms with E-state index in [0.29, 0.717) is 56.1 Å². The van der Waals surface area contributed by atoms with Crippen LogP contribution in [-0.2, 0) is 12.7 Å². The molecule has 4 aromatic carbocycles. The van der Waals surface area contributed by atoms with Crippen LogP contribution in [0.1, 0.15) is 48.6 Å². The van der Waals surface area contributed by atoms with Crippen molar-refractivity contribution in [2.75, 3.05) is 43.4 Å². The van der Waals surface area contributed by atoms with Gasteiger partial charge in [0.15, 0.2) is 0 Å². The molecule has 0 aliphatic carbocycles. The summed E-state index contributed by atoms with van der Waals surface area (Å²) >= 11 is 0. The zero-order chi connectivity index (χ0) is 32.8. The van der Waals surface area contributed by atoms with E-state index in [0.717, 1.165) is 29.8 Å². The van der Waals surface area contributed by atoms with E-state index in [1.54, 1.807) is 41.1 Å². The van der Waals surface area contributed by atoms with Gasteiger partial charge in [-0.1, -0.05) is 36.4 Å². The maximum absolute atomic E-state index is 13.9. The van der Waals surface area contributed by atoms with Gasteiger partial charge in [-0.05, 0) is 72.6 Å². The van der Waals surface area contributed by atoms with Crippen molar-refractivity contribution in [1.29, 1.82) is 0 Å². The van der Waals surface area contributed by atoms with Crippen LogP contribution in [-0.4, -0.2) is 60.7 Å². The third-order valence-electron chi connectivity index (χ3n) is 7.76. The number of nitrogens with zero attached hydrogens (tertiary/aromatic N) is 3. The lowest BCUT2D eigenvalue weighted by Crippen LogP contribution is -2.36. The van der Waals surface area contributed by atoms with E-state index >= 15 is 0 Å². The molecule has 1 fully saturated rings. The number of benzene rings is 4. The molecule has 0 unspecified atom stereocenters. The quantitative estimate of drug-likeness (QED) is 0.230. The summed E-state index contributed by atoms with van der Waals surface area (Å²) in [5.41, 5.74) is 1.57. The van der Waals surface area contributed by atoms with Crippen molar-refractivity contribution < 1.29 is 31.9 Å². The number of nitrogens with one attached hydrogen (secondary N) is 1. The van der Waals surface area contributed by atoms with E-state index in [1.807, 2.05) is 35.2 Å². The van der Waals surface area contributed by atoms with Crippen LogP contribution in [0.3, 0.4) is 0 Å². The van der Waals surface area contributed by atoms with Crippen LogP contribution in [0.2, 0.25) is 0 Å². The average Bonchev–Trinajstić information content (AvgIpc) is 3.30. The predicted molar refractivity (Wildman–Crippen MR) is 167 cm³/mol. The van der Waals surface area contributed by atoms with Crippen LogP contribution in [0.5, 0.6) is 0 Å². The van der Waals surface area contributed by atoms with Crippen molar-refractivity contribution in [2.24, 2.45) is 0 Å². The van der Waals surface area contributed by atoms with Gasteiger partial charge in [-0.3, -0.25) is 14.4 Å². The molecule has 0 saturated carbocycles. The molecular formula is C35H32F4N4O3. The van der Waals surface area contributed by atoms with Crippen LogP contribution < -0.4 is 10.2 Å². The van der Waals surface area contributed by atoms with Gasteiger partial charge in [-0.2, -0.15) is 13.2 Å². The Labute approximate surface area is 264 Å². The Hall–Kier alpha value is -5.19. The second-order valence-corrected chi connectivity index (χ2v) is 11.1. The van der Waals surface area contributed by atoms with Crippen molar-refractivity contribution in [3.05, 3.63) is 131 Å². The van der Waals surface area contributed by atoms with Crippen molar-refractivity contribution in [3.8, 4) is 0 Å². The number of carbonyl (C=O) groups excluding carboxylic acids is 3. The van der Waals surface area contributed by atoms with E-state index < -0.39 is 23.5 Å². The van der Waals surface area contributed by atoms with Crippen LogP contribution in [0.15, 0.2) is 97.1 Å². The molecule has 4 aromatic rings.